The molecule has 2 rings (SSSR count). The van der Waals surface area contributed by atoms with Crippen molar-refractivity contribution in [3.8, 4) is 0 Å². The minimum absolute atomic E-state index is 0.735. The average molecular weight is 349 g/mol. The lowest BCUT2D eigenvalue weighted by Gasteiger charge is -2.14. The van der Waals surface area contributed by atoms with Crippen LogP contribution >= 0.6 is 15.9 Å². The highest BCUT2D eigenvalue weighted by molar-refractivity contribution is 9.10. The molecule has 0 unspecified atom stereocenters. The van der Waals surface area contributed by atoms with Crippen molar-refractivity contribution in [1.82, 2.24) is 9.97 Å². The number of halogens is 1. The van der Waals surface area contributed by atoms with E-state index in [-0.39, 0.29) is 0 Å². The number of aromatic nitrogens is 2. The molecule has 0 atom stereocenters. The molecule has 5 heteroatoms. The quantitative estimate of drug-likeness (QED) is 0.785. The molecule has 2 aromatic rings. The van der Waals surface area contributed by atoms with Crippen molar-refractivity contribution in [1.29, 1.82) is 0 Å². The topological polar surface area (TPSA) is 49.8 Å². The minimum atomic E-state index is 0.735. The number of nitrogens with zero attached hydrogens (tertiary/aromatic N) is 2. The van der Waals surface area contributed by atoms with E-state index in [1.54, 1.807) is 6.33 Å². The molecule has 0 amide bonds. The van der Waals surface area contributed by atoms with Crippen LogP contribution < -0.4 is 10.6 Å². The van der Waals surface area contributed by atoms with Crippen LogP contribution in [0.1, 0.15) is 31.4 Å². The van der Waals surface area contributed by atoms with Gasteiger partial charge < -0.3 is 10.6 Å². The second kappa shape index (κ2) is 7.98. The molecule has 0 aliphatic heterocycles. The van der Waals surface area contributed by atoms with Gasteiger partial charge in [0, 0.05) is 23.1 Å². The Kier molecular flexibility index (Phi) is 5.99. The van der Waals surface area contributed by atoms with Crippen LogP contribution in [0.5, 0.6) is 0 Å². The summed E-state index contributed by atoms with van der Waals surface area (Å²) in [5.41, 5.74) is 2.35. The lowest BCUT2D eigenvalue weighted by Crippen LogP contribution is -2.10. The molecule has 0 radical (unpaired) electrons. The fourth-order valence-electron chi connectivity index (χ4n) is 2.12. The Morgan fingerprint density at radius 2 is 1.76 bits per heavy atom. The highest BCUT2D eigenvalue weighted by Gasteiger charge is 2.09. The second-order valence-electron chi connectivity index (χ2n) is 4.77. The van der Waals surface area contributed by atoms with Gasteiger partial charge in [-0.2, -0.15) is 0 Å². The highest BCUT2D eigenvalue weighted by Crippen LogP contribution is 2.22. The normalized spacial score (nSPS) is 10.4. The van der Waals surface area contributed by atoms with Gasteiger partial charge in [-0.25, -0.2) is 9.97 Å². The smallest absolute Gasteiger partial charge is 0.134 e. The number of rotatable bonds is 7. The first-order chi connectivity index (χ1) is 10.3. The van der Waals surface area contributed by atoms with E-state index in [9.17, 15) is 0 Å². The predicted molar refractivity (Wildman–Crippen MR) is 91.7 cm³/mol. The van der Waals surface area contributed by atoms with Crippen LogP contribution in [0.25, 0.3) is 0 Å². The lowest BCUT2D eigenvalue weighted by molar-refractivity contribution is 0.944. The fraction of sp³-hybridized carbons (Fsp3) is 0.375. The average Bonchev–Trinajstić information content (AvgIpc) is 2.52. The van der Waals surface area contributed by atoms with Gasteiger partial charge in [0.2, 0.25) is 0 Å². The van der Waals surface area contributed by atoms with Crippen molar-refractivity contribution in [2.45, 2.75) is 33.2 Å². The molecule has 0 fully saturated rings. The molecule has 1 heterocycles. The highest BCUT2D eigenvalue weighted by atomic mass is 79.9. The third kappa shape index (κ3) is 4.17. The summed E-state index contributed by atoms with van der Waals surface area (Å²) in [5, 5.41) is 6.78. The predicted octanol–water partition coefficient (Wildman–Crippen LogP) is 4.24. The Labute approximate surface area is 134 Å². The molecule has 1 aromatic carbocycles. The number of anilines is 2. The van der Waals surface area contributed by atoms with Gasteiger partial charge in [0.25, 0.3) is 0 Å². The zero-order valence-corrected chi connectivity index (χ0v) is 14.1. The van der Waals surface area contributed by atoms with Crippen molar-refractivity contribution in [3.05, 3.63) is 46.2 Å². The first-order valence-corrected chi connectivity index (χ1v) is 8.10. The van der Waals surface area contributed by atoms with Crippen LogP contribution in [-0.2, 0) is 13.0 Å². The monoisotopic (exact) mass is 348 g/mol. The Morgan fingerprint density at radius 3 is 2.43 bits per heavy atom. The van der Waals surface area contributed by atoms with E-state index >= 15 is 0 Å². The summed E-state index contributed by atoms with van der Waals surface area (Å²) in [6.07, 6.45) is 3.58. The van der Waals surface area contributed by atoms with Crippen molar-refractivity contribution in [2.75, 3.05) is 17.2 Å². The van der Waals surface area contributed by atoms with Gasteiger partial charge in [0.1, 0.15) is 18.0 Å². The van der Waals surface area contributed by atoms with Crippen molar-refractivity contribution >= 4 is 27.6 Å². The first kappa shape index (κ1) is 15.8. The summed E-state index contributed by atoms with van der Waals surface area (Å²) < 4.78 is 1.11. The fourth-order valence-corrected chi connectivity index (χ4v) is 2.54. The Balaban J connectivity index is 2.14. The molecule has 0 spiro atoms. The zero-order valence-electron chi connectivity index (χ0n) is 12.5. The Bertz CT molecular complexity index is 586. The third-order valence-electron chi connectivity index (χ3n) is 3.25. The molecule has 1 aromatic heterocycles. The van der Waals surface area contributed by atoms with Gasteiger partial charge in [0.05, 0.1) is 0 Å². The largest absolute Gasteiger partial charge is 0.370 e. The molecule has 0 aliphatic rings. The standard InChI is InChI=1S/C16H21BrN4/c1-3-9-18-15-13(4-2)16(21-11-20-15)19-10-12-7-5-6-8-14(12)17/h5-8,11H,3-4,9-10H2,1-2H3,(H2,18,19,20,21). The Morgan fingerprint density at radius 1 is 1.05 bits per heavy atom. The first-order valence-electron chi connectivity index (χ1n) is 7.31. The molecule has 2 N–H and O–H groups in total. The van der Waals surface area contributed by atoms with Crippen LogP contribution in [0.15, 0.2) is 35.1 Å². The van der Waals surface area contributed by atoms with Crippen LogP contribution in [-0.4, -0.2) is 16.5 Å². The van der Waals surface area contributed by atoms with E-state index in [0.717, 1.165) is 47.6 Å². The SMILES string of the molecule is CCCNc1ncnc(NCc2ccccc2Br)c1CC. The summed E-state index contributed by atoms with van der Waals surface area (Å²) >= 11 is 3.57. The molecule has 0 bridgehead atoms. The van der Waals surface area contributed by atoms with Gasteiger partial charge >= 0.3 is 0 Å². The maximum Gasteiger partial charge on any atom is 0.134 e. The molecule has 112 valence electrons. The van der Waals surface area contributed by atoms with Crippen molar-refractivity contribution in [2.24, 2.45) is 0 Å². The van der Waals surface area contributed by atoms with Crippen LogP contribution in [0.3, 0.4) is 0 Å². The summed E-state index contributed by atoms with van der Waals surface area (Å²) in [6, 6.07) is 8.20. The molecule has 21 heavy (non-hydrogen) atoms. The minimum Gasteiger partial charge on any atom is -0.370 e. The van der Waals surface area contributed by atoms with E-state index < -0.39 is 0 Å². The van der Waals surface area contributed by atoms with E-state index in [2.05, 4.69) is 56.4 Å². The third-order valence-corrected chi connectivity index (χ3v) is 4.02. The van der Waals surface area contributed by atoms with Gasteiger partial charge in [-0.3, -0.25) is 0 Å². The van der Waals surface area contributed by atoms with Gasteiger partial charge in [0.15, 0.2) is 0 Å². The summed E-state index contributed by atoms with van der Waals surface area (Å²) in [5.74, 6) is 1.84. The van der Waals surface area contributed by atoms with E-state index in [0.29, 0.717) is 0 Å². The summed E-state index contributed by atoms with van der Waals surface area (Å²) in [4.78, 5) is 8.73. The maximum atomic E-state index is 4.39. The van der Waals surface area contributed by atoms with E-state index in [4.69, 9.17) is 0 Å². The molecular formula is C16H21BrN4. The number of hydrogen-bond donors (Lipinski definition) is 2. The van der Waals surface area contributed by atoms with Gasteiger partial charge in [-0.1, -0.05) is 48.0 Å². The summed E-state index contributed by atoms with van der Waals surface area (Å²) in [7, 11) is 0. The van der Waals surface area contributed by atoms with Crippen LogP contribution in [0.2, 0.25) is 0 Å². The molecule has 0 saturated carbocycles. The van der Waals surface area contributed by atoms with Gasteiger partial charge in [-0.15, -0.1) is 0 Å². The number of benzene rings is 1. The summed E-state index contributed by atoms with van der Waals surface area (Å²) in [6.45, 7) is 5.93. The lowest BCUT2D eigenvalue weighted by atomic mass is 10.2. The molecule has 4 nitrogen and oxygen atoms in total. The van der Waals surface area contributed by atoms with E-state index in [1.807, 2.05) is 18.2 Å². The maximum absolute atomic E-state index is 4.39. The van der Waals surface area contributed by atoms with Gasteiger partial charge in [-0.05, 0) is 24.5 Å². The zero-order chi connectivity index (χ0) is 15.1. The van der Waals surface area contributed by atoms with Crippen LogP contribution in [0.4, 0.5) is 11.6 Å². The molecule has 0 aliphatic carbocycles. The van der Waals surface area contributed by atoms with Crippen LogP contribution in [0, 0.1) is 0 Å². The number of nitrogens with one attached hydrogen (secondary N) is 2. The van der Waals surface area contributed by atoms with E-state index in [1.165, 1.54) is 5.56 Å². The molecule has 0 saturated heterocycles. The number of hydrogen-bond acceptors (Lipinski definition) is 4. The second-order valence-corrected chi connectivity index (χ2v) is 5.63. The van der Waals surface area contributed by atoms with Crippen molar-refractivity contribution < 1.29 is 0 Å². The van der Waals surface area contributed by atoms with Crippen molar-refractivity contribution in [3.63, 3.8) is 0 Å². The molecular weight excluding hydrogens is 328 g/mol. The Hall–Kier alpha value is -1.62.